The van der Waals surface area contributed by atoms with Crippen LogP contribution in [0.4, 0.5) is 0 Å². The van der Waals surface area contributed by atoms with Crippen molar-refractivity contribution in [2.24, 2.45) is 0 Å². The van der Waals surface area contributed by atoms with Crippen molar-refractivity contribution in [1.29, 1.82) is 5.26 Å². The summed E-state index contributed by atoms with van der Waals surface area (Å²) < 4.78 is 1.62. The Bertz CT molecular complexity index is 1010. The lowest BCUT2D eigenvalue weighted by Gasteiger charge is -2.32. The van der Waals surface area contributed by atoms with Crippen molar-refractivity contribution in [2.45, 2.75) is 74.9 Å². The number of hydrogen-bond acceptors (Lipinski definition) is 5. The van der Waals surface area contributed by atoms with Crippen LogP contribution in [0.5, 0.6) is 0 Å². The Labute approximate surface area is 179 Å². The zero-order chi connectivity index (χ0) is 21.0. The number of aromatic nitrogens is 2. The van der Waals surface area contributed by atoms with Crippen LogP contribution in [-0.4, -0.2) is 26.2 Å². The predicted octanol–water partition coefficient (Wildman–Crippen LogP) is 4.28. The Kier molecular flexibility index (Phi) is 6.86. The zero-order valence-corrected chi connectivity index (χ0v) is 18.3. The van der Waals surface area contributed by atoms with Gasteiger partial charge < -0.3 is 5.32 Å². The Morgan fingerprint density at radius 1 is 1.41 bits per heavy atom. The first kappa shape index (κ1) is 21.7. The van der Waals surface area contributed by atoms with Gasteiger partial charge in [0.05, 0.1) is 22.2 Å². The number of fused-ring (bicyclic) bond motifs is 1. The molecule has 1 fully saturated rings. The standard InChI is InChI=1S/C21H25ClN4O2S/c1-3-11-26-19(28)16-8-7-15(22)12-17(16)24-20(26)29-14(2)18(27)25-21(13-23)9-5-4-6-10-21/h7-8,12,14H,3-6,9-11H2,1-2H3,(H,25,27). The van der Waals surface area contributed by atoms with Gasteiger partial charge in [0.15, 0.2) is 5.16 Å². The molecule has 3 rings (SSSR count). The van der Waals surface area contributed by atoms with Gasteiger partial charge in [0.1, 0.15) is 5.54 Å². The van der Waals surface area contributed by atoms with Crippen molar-refractivity contribution in [2.75, 3.05) is 0 Å². The fraction of sp³-hybridized carbons (Fsp3) is 0.524. The van der Waals surface area contributed by atoms with Crippen LogP contribution in [0, 0.1) is 11.3 Å². The first-order chi connectivity index (χ1) is 13.9. The summed E-state index contributed by atoms with van der Waals surface area (Å²) in [7, 11) is 0. The van der Waals surface area contributed by atoms with Crippen molar-refractivity contribution < 1.29 is 4.79 Å². The van der Waals surface area contributed by atoms with E-state index in [4.69, 9.17) is 11.6 Å². The van der Waals surface area contributed by atoms with Crippen LogP contribution < -0.4 is 10.9 Å². The number of benzene rings is 1. The lowest BCUT2D eigenvalue weighted by molar-refractivity contribution is -0.121. The van der Waals surface area contributed by atoms with E-state index in [2.05, 4.69) is 16.4 Å². The SMILES string of the molecule is CCCn1c(SC(C)C(=O)NC2(C#N)CCCCC2)nc2cc(Cl)ccc2c1=O. The summed E-state index contributed by atoms with van der Waals surface area (Å²) in [5, 5.41) is 13.6. The van der Waals surface area contributed by atoms with Gasteiger partial charge in [-0.3, -0.25) is 14.2 Å². The normalized spacial score (nSPS) is 16.9. The fourth-order valence-electron chi connectivity index (χ4n) is 3.65. The second-order valence-corrected chi connectivity index (χ2v) is 9.26. The highest BCUT2D eigenvalue weighted by Crippen LogP contribution is 2.29. The second-order valence-electron chi connectivity index (χ2n) is 7.52. The Morgan fingerprint density at radius 3 is 2.79 bits per heavy atom. The minimum absolute atomic E-state index is 0.135. The molecule has 29 heavy (non-hydrogen) atoms. The first-order valence-electron chi connectivity index (χ1n) is 9.99. The molecule has 6 nitrogen and oxygen atoms in total. The van der Waals surface area contributed by atoms with Gasteiger partial charge >= 0.3 is 0 Å². The van der Waals surface area contributed by atoms with Gasteiger partial charge in [0, 0.05) is 11.6 Å². The van der Waals surface area contributed by atoms with Crippen LogP contribution in [0.25, 0.3) is 10.9 Å². The van der Waals surface area contributed by atoms with E-state index >= 15 is 0 Å². The summed E-state index contributed by atoms with van der Waals surface area (Å²) in [6.45, 7) is 4.28. The van der Waals surface area contributed by atoms with Gasteiger partial charge in [-0.05, 0) is 44.4 Å². The molecule has 2 aromatic rings. The molecule has 1 aliphatic carbocycles. The molecule has 0 bridgehead atoms. The number of hydrogen-bond donors (Lipinski definition) is 1. The van der Waals surface area contributed by atoms with E-state index in [-0.39, 0.29) is 11.5 Å². The molecule has 0 saturated heterocycles. The molecule has 1 unspecified atom stereocenters. The van der Waals surface area contributed by atoms with Gasteiger partial charge in [-0.1, -0.05) is 49.5 Å². The highest BCUT2D eigenvalue weighted by molar-refractivity contribution is 8.00. The monoisotopic (exact) mass is 432 g/mol. The van der Waals surface area contributed by atoms with Crippen molar-refractivity contribution in [3.63, 3.8) is 0 Å². The molecular weight excluding hydrogens is 408 g/mol. The lowest BCUT2D eigenvalue weighted by atomic mass is 9.83. The van der Waals surface area contributed by atoms with Crippen molar-refractivity contribution in [3.05, 3.63) is 33.6 Å². The van der Waals surface area contributed by atoms with E-state index < -0.39 is 10.8 Å². The van der Waals surface area contributed by atoms with Gasteiger partial charge in [-0.25, -0.2) is 4.98 Å². The lowest BCUT2D eigenvalue weighted by Crippen LogP contribution is -2.51. The number of thioether (sulfide) groups is 1. The van der Waals surface area contributed by atoms with Crippen LogP contribution in [0.2, 0.25) is 5.02 Å². The quantitative estimate of drug-likeness (QED) is 0.543. The summed E-state index contributed by atoms with van der Waals surface area (Å²) in [6, 6.07) is 7.34. The molecule has 1 saturated carbocycles. The van der Waals surface area contributed by atoms with Gasteiger partial charge in [0.2, 0.25) is 5.91 Å². The summed E-state index contributed by atoms with van der Waals surface area (Å²) in [5.41, 5.74) is -0.396. The maximum Gasteiger partial charge on any atom is 0.262 e. The molecule has 154 valence electrons. The molecule has 0 spiro atoms. The third-order valence-corrected chi connectivity index (χ3v) is 6.59. The van der Waals surface area contributed by atoms with E-state index in [9.17, 15) is 14.9 Å². The maximum atomic E-state index is 12.9. The number of rotatable bonds is 6. The second kappa shape index (κ2) is 9.19. The third-order valence-electron chi connectivity index (χ3n) is 5.26. The minimum atomic E-state index is -0.780. The number of amides is 1. The van der Waals surface area contributed by atoms with Gasteiger partial charge in [-0.2, -0.15) is 5.26 Å². The van der Waals surface area contributed by atoms with Crippen LogP contribution in [0.1, 0.15) is 52.4 Å². The summed E-state index contributed by atoms with van der Waals surface area (Å²) >= 11 is 7.31. The van der Waals surface area contributed by atoms with Crippen molar-refractivity contribution in [1.82, 2.24) is 14.9 Å². The van der Waals surface area contributed by atoms with E-state index in [1.807, 2.05) is 6.92 Å². The molecular formula is C21H25ClN4O2S. The minimum Gasteiger partial charge on any atom is -0.337 e. The van der Waals surface area contributed by atoms with E-state index in [0.29, 0.717) is 40.5 Å². The molecule has 1 aromatic heterocycles. The Morgan fingerprint density at radius 2 is 2.14 bits per heavy atom. The van der Waals surface area contributed by atoms with E-state index in [1.54, 1.807) is 29.7 Å². The molecule has 8 heteroatoms. The molecule has 1 aromatic carbocycles. The average molecular weight is 433 g/mol. The molecule has 1 heterocycles. The largest absolute Gasteiger partial charge is 0.337 e. The number of carbonyl (C=O) groups is 1. The number of nitriles is 1. The topological polar surface area (TPSA) is 87.8 Å². The van der Waals surface area contributed by atoms with Crippen molar-refractivity contribution in [3.8, 4) is 6.07 Å². The van der Waals surface area contributed by atoms with E-state index in [1.165, 1.54) is 11.8 Å². The summed E-state index contributed by atoms with van der Waals surface area (Å²) in [6.07, 6.45) is 5.11. The smallest absolute Gasteiger partial charge is 0.262 e. The van der Waals surface area contributed by atoms with Crippen LogP contribution >= 0.6 is 23.4 Å². The average Bonchev–Trinajstić information content (AvgIpc) is 2.71. The maximum absolute atomic E-state index is 12.9. The summed E-state index contributed by atoms with van der Waals surface area (Å²) in [5.74, 6) is -0.207. The van der Waals surface area contributed by atoms with E-state index in [0.717, 1.165) is 25.7 Å². The summed E-state index contributed by atoms with van der Waals surface area (Å²) in [4.78, 5) is 30.4. The first-order valence-corrected chi connectivity index (χ1v) is 11.2. The van der Waals surface area contributed by atoms with Crippen LogP contribution in [0.3, 0.4) is 0 Å². The number of carbonyl (C=O) groups excluding carboxylic acids is 1. The molecule has 1 amide bonds. The number of nitrogens with zero attached hydrogens (tertiary/aromatic N) is 3. The third kappa shape index (κ3) is 4.76. The molecule has 0 radical (unpaired) electrons. The molecule has 0 aliphatic heterocycles. The zero-order valence-electron chi connectivity index (χ0n) is 16.7. The Balaban J connectivity index is 1.88. The number of halogens is 1. The fourth-order valence-corrected chi connectivity index (χ4v) is 4.75. The highest BCUT2D eigenvalue weighted by atomic mass is 35.5. The molecule has 1 aliphatic rings. The van der Waals surface area contributed by atoms with Crippen molar-refractivity contribution >= 4 is 40.2 Å². The molecule has 1 N–H and O–H groups in total. The highest BCUT2D eigenvalue weighted by Gasteiger charge is 2.35. The molecule has 1 atom stereocenters. The van der Waals surface area contributed by atoms with Gasteiger partial charge in [-0.15, -0.1) is 0 Å². The van der Waals surface area contributed by atoms with Gasteiger partial charge in [0.25, 0.3) is 5.56 Å². The number of nitrogens with one attached hydrogen (secondary N) is 1. The predicted molar refractivity (Wildman–Crippen MR) is 116 cm³/mol. The van der Waals surface area contributed by atoms with Crippen LogP contribution in [-0.2, 0) is 11.3 Å². The Hall–Kier alpha value is -2.04. The van der Waals surface area contributed by atoms with Crippen LogP contribution in [0.15, 0.2) is 28.2 Å².